The lowest BCUT2D eigenvalue weighted by atomic mass is 10.00. The third-order valence-corrected chi connectivity index (χ3v) is 6.17. The lowest BCUT2D eigenvalue weighted by molar-refractivity contribution is 1.07. The molecule has 37 heavy (non-hydrogen) atoms. The molecule has 4 rings (SSSR count). The number of pyridine rings is 3. The van der Waals surface area contributed by atoms with Crippen molar-refractivity contribution in [2.24, 2.45) is 0 Å². The summed E-state index contributed by atoms with van der Waals surface area (Å²) in [6.07, 6.45) is 14.6. The third-order valence-electron chi connectivity index (χ3n) is 6.17. The average molecular weight is 486 g/mol. The number of rotatable bonds is 8. The Balaban J connectivity index is 1.58. The molecule has 0 fully saturated rings. The quantitative estimate of drug-likeness (QED) is 0.258. The maximum atomic E-state index is 9.87. The molecule has 5 nitrogen and oxygen atoms in total. The highest BCUT2D eigenvalue weighted by atomic mass is 15.0. The second kappa shape index (κ2) is 11.9. The van der Waals surface area contributed by atoms with Crippen LogP contribution in [0.25, 0.3) is 27.6 Å². The molecule has 0 atom stereocenters. The van der Waals surface area contributed by atoms with Gasteiger partial charge in [-0.05, 0) is 79.8 Å². The van der Waals surface area contributed by atoms with E-state index in [0.717, 1.165) is 56.5 Å². The van der Waals surface area contributed by atoms with Gasteiger partial charge >= 0.3 is 0 Å². The summed E-state index contributed by atoms with van der Waals surface area (Å²) in [6.45, 7) is 8.72. The normalized spacial score (nSPS) is 12.2. The summed E-state index contributed by atoms with van der Waals surface area (Å²) in [4.78, 5) is 13.7. The van der Waals surface area contributed by atoms with Crippen molar-refractivity contribution >= 4 is 22.3 Å². The summed E-state index contributed by atoms with van der Waals surface area (Å²) in [5.41, 5.74) is 8.52. The minimum Gasteiger partial charge on any atom is -0.366 e. The summed E-state index contributed by atoms with van der Waals surface area (Å²) in [7, 11) is 0. The van der Waals surface area contributed by atoms with Gasteiger partial charge in [0.25, 0.3) is 0 Å². The first-order valence-corrected chi connectivity index (χ1v) is 12.5. The van der Waals surface area contributed by atoms with Crippen molar-refractivity contribution in [1.29, 1.82) is 5.26 Å². The molecule has 0 aliphatic carbocycles. The lowest BCUT2D eigenvalue weighted by Crippen LogP contribution is -2.06. The number of aromatic nitrogens is 3. The van der Waals surface area contributed by atoms with Crippen LogP contribution in [-0.4, -0.2) is 15.0 Å². The van der Waals surface area contributed by atoms with Crippen LogP contribution in [0, 0.1) is 18.3 Å². The zero-order valence-corrected chi connectivity index (χ0v) is 21.8. The topological polar surface area (TPSA) is 74.5 Å². The number of nitrogens with zero attached hydrogens (tertiary/aromatic N) is 4. The van der Waals surface area contributed by atoms with Crippen LogP contribution in [0.5, 0.6) is 0 Å². The molecule has 0 spiro atoms. The van der Waals surface area contributed by atoms with Gasteiger partial charge in [-0.15, -0.1) is 0 Å². The average Bonchev–Trinajstić information content (AvgIpc) is 2.92. The maximum Gasteiger partial charge on any atom is 0.129 e. The Morgan fingerprint density at radius 3 is 2.73 bits per heavy atom. The zero-order chi connectivity index (χ0) is 26.2. The minimum absolute atomic E-state index is 0.512. The van der Waals surface area contributed by atoms with Crippen LogP contribution in [0.1, 0.15) is 49.6 Å². The second-order valence-electron chi connectivity index (χ2n) is 8.90. The smallest absolute Gasteiger partial charge is 0.129 e. The number of nitriles is 1. The Bertz CT molecular complexity index is 1550. The van der Waals surface area contributed by atoms with Crippen molar-refractivity contribution in [2.75, 3.05) is 5.32 Å². The fourth-order valence-corrected chi connectivity index (χ4v) is 4.38. The van der Waals surface area contributed by atoms with E-state index in [0.29, 0.717) is 17.8 Å². The highest BCUT2D eigenvalue weighted by molar-refractivity contribution is 5.85. The number of allylic oxidation sites excluding steroid dienone is 6. The molecule has 1 aromatic carbocycles. The monoisotopic (exact) mass is 485 g/mol. The van der Waals surface area contributed by atoms with Gasteiger partial charge in [0.15, 0.2) is 0 Å². The van der Waals surface area contributed by atoms with E-state index in [1.54, 1.807) is 0 Å². The Morgan fingerprint density at radius 1 is 1.08 bits per heavy atom. The van der Waals surface area contributed by atoms with Crippen molar-refractivity contribution in [3.63, 3.8) is 0 Å². The van der Waals surface area contributed by atoms with Crippen LogP contribution in [-0.2, 0) is 6.54 Å². The van der Waals surface area contributed by atoms with Gasteiger partial charge in [0.05, 0.1) is 16.8 Å². The molecule has 5 heteroatoms. The second-order valence-corrected chi connectivity index (χ2v) is 8.90. The van der Waals surface area contributed by atoms with Crippen LogP contribution in [0.15, 0.2) is 90.9 Å². The zero-order valence-electron chi connectivity index (χ0n) is 21.8. The standard InChI is InChI=1S/C32H31N5/c1-5-8-22(3)16-27(9-6-2)31-28(19-33)17-24(20-36-31)21-37-32-23(4)29(13-15-35-32)25-11-12-30-26(18-25)10-7-14-34-30/h6-18,20H,5,21H2,1-4H3,(H,35,37)/b9-6-,22-8+,27-16+. The molecular formula is C32H31N5. The summed E-state index contributed by atoms with van der Waals surface area (Å²) >= 11 is 0. The van der Waals surface area contributed by atoms with Crippen molar-refractivity contribution < 1.29 is 0 Å². The van der Waals surface area contributed by atoms with Crippen LogP contribution in [0.3, 0.4) is 0 Å². The van der Waals surface area contributed by atoms with E-state index in [2.05, 4.69) is 77.5 Å². The summed E-state index contributed by atoms with van der Waals surface area (Å²) in [5.74, 6) is 0.807. The van der Waals surface area contributed by atoms with Gasteiger partial charge < -0.3 is 5.32 Å². The number of hydrogen-bond donors (Lipinski definition) is 1. The molecule has 0 radical (unpaired) electrons. The molecule has 0 bridgehead atoms. The van der Waals surface area contributed by atoms with E-state index in [1.807, 2.05) is 61.9 Å². The first-order chi connectivity index (χ1) is 18.0. The molecule has 0 saturated carbocycles. The Hall–Kier alpha value is -4.56. The number of hydrogen-bond acceptors (Lipinski definition) is 5. The maximum absolute atomic E-state index is 9.87. The van der Waals surface area contributed by atoms with E-state index in [-0.39, 0.29) is 0 Å². The van der Waals surface area contributed by atoms with E-state index < -0.39 is 0 Å². The third kappa shape index (κ3) is 5.99. The molecule has 1 N–H and O–H groups in total. The Labute approximate surface area is 219 Å². The van der Waals surface area contributed by atoms with Crippen molar-refractivity contribution in [2.45, 2.75) is 40.7 Å². The van der Waals surface area contributed by atoms with Crippen LogP contribution in [0.2, 0.25) is 0 Å². The largest absolute Gasteiger partial charge is 0.366 e. The fourth-order valence-electron chi connectivity index (χ4n) is 4.38. The fraction of sp³-hybridized carbons (Fsp3) is 0.188. The summed E-state index contributed by atoms with van der Waals surface area (Å²) < 4.78 is 0. The molecule has 0 unspecified atom stereocenters. The predicted molar refractivity (Wildman–Crippen MR) is 153 cm³/mol. The molecular weight excluding hydrogens is 454 g/mol. The molecule has 4 aromatic rings. The number of nitrogens with one attached hydrogen (secondary N) is 1. The molecule has 184 valence electrons. The SMILES string of the molecule is C\C=C/C(=C\C(C)=C\CC)c1ncc(CNc2nccc(-c3ccc4ncccc4c3)c2C)cc1C#N. The molecule has 0 saturated heterocycles. The summed E-state index contributed by atoms with van der Waals surface area (Å²) in [5, 5.41) is 14.4. The first-order valence-electron chi connectivity index (χ1n) is 12.5. The van der Waals surface area contributed by atoms with Gasteiger partial charge in [-0.1, -0.05) is 48.9 Å². The molecule has 0 amide bonds. The van der Waals surface area contributed by atoms with E-state index >= 15 is 0 Å². The van der Waals surface area contributed by atoms with Gasteiger partial charge in [0, 0.05) is 36.1 Å². The Morgan fingerprint density at radius 2 is 1.95 bits per heavy atom. The van der Waals surface area contributed by atoms with Gasteiger partial charge in [0.2, 0.25) is 0 Å². The van der Waals surface area contributed by atoms with Gasteiger partial charge in [-0.3, -0.25) is 9.97 Å². The van der Waals surface area contributed by atoms with Crippen molar-refractivity contribution in [3.05, 3.63) is 113 Å². The minimum atomic E-state index is 0.512. The lowest BCUT2D eigenvalue weighted by Gasteiger charge is -2.14. The van der Waals surface area contributed by atoms with Crippen molar-refractivity contribution in [3.8, 4) is 17.2 Å². The molecule has 0 aliphatic heterocycles. The highest BCUT2D eigenvalue weighted by Crippen LogP contribution is 2.29. The molecule has 0 aliphatic rings. The highest BCUT2D eigenvalue weighted by Gasteiger charge is 2.11. The number of anilines is 1. The first kappa shape index (κ1) is 25.5. The number of fused-ring (bicyclic) bond motifs is 1. The van der Waals surface area contributed by atoms with E-state index in [1.165, 1.54) is 0 Å². The van der Waals surface area contributed by atoms with E-state index in [9.17, 15) is 5.26 Å². The van der Waals surface area contributed by atoms with Gasteiger partial charge in [0.1, 0.15) is 11.9 Å². The van der Waals surface area contributed by atoms with Crippen LogP contribution < -0.4 is 5.32 Å². The van der Waals surface area contributed by atoms with E-state index in [4.69, 9.17) is 0 Å². The Kier molecular flexibility index (Phi) is 8.22. The summed E-state index contributed by atoms with van der Waals surface area (Å²) in [6, 6.07) is 16.6. The van der Waals surface area contributed by atoms with Gasteiger partial charge in [-0.25, -0.2) is 4.98 Å². The van der Waals surface area contributed by atoms with Crippen LogP contribution in [0.4, 0.5) is 5.82 Å². The molecule has 3 aromatic heterocycles. The number of benzene rings is 1. The molecule has 3 heterocycles. The van der Waals surface area contributed by atoms with Crippen LogP contribution >= 0.6 is 0 Å². The van der Waals surface area contributed by atoms with Crippen molar-refractivity contribution in [1.82, 2.24) is 15.0 Å². The van der Waals surface area contributed by atoms with Gasteiger partial charge in [-0.2, -0.15) is 5.26 Å². The predicted octanol–water partition coefficient (Wildman–Crippen LogP) is 7.80.